The van der Waals surface area contributed by atoms with E-state index < -0.39 is 0 Å². The van der Waals surface area contributed by atoms with Crippen molar-refractivity contribution >= 4 is 5.91 Å². The molecule has 32 heavy (non-hydrogen) atoms. The molecule has 1 saturated heterocycles. The normalized spacial score (nSPS) is 14.2. The number of nitrogens with one attached hydrogen (secondary N) is 1. The SMILES string of the molecule is O=C(Cc1ccc(-c2ccc(ON3CCOCC3)cc2F)cc1)NCc1cccc(F)c1. The summed E-state index contributed by atoms with van der Waals surface area (Å²) in [5, 5.41) is 4.53. The third-order valence-electron chi connectivity index (χ3n) is 5.15. The molecule has 1 heterocycles. The topological polar surface area (TPSA) is 50.8 Å². The lowest BCUT2D eigenvalue weighted by atomic mass is 10.0. The van der Waals surface area contributed by atoms with E-state index in [4.69, 9.17) is 9.57 Å². The average molecular weight is 438 g/mol. The molecule has 0 radical (unpaired) electrons. The highest BCUT2D eigenvalue weighted by atomic mass is 19.1. The van der Waals surface area contributed by atoms with E-state index in [9.17, 15) is 13.6 Å². The minimum atomic E-state index is -0.378. The molecule has 3 aromatic rings. The molecule has 7 heteroatoms. The average Bonchev–Trinajstić information content (AvgIpc) is 2.79. The molecule has 0 bridgehead atoms. The van der Waals surface area contributed by atoms with Gasteiger partial charge in [-0.15, -0.1) is 5.06 Å². The molecule has 0 spiro atoms. The molecule has 0 atom stereocenters. The number of morpholine rings is 1. The van der Waals surface area contributed by atoms with Crippen LogP contribution >= 0.6 is 0 Å². The van der Waals surface area contributed by atoms with Crippen LogP contribution in [-0.4, -0.2) is 37.3 Å². The van der Waals surface area contributed by atoms with Crippen molar-refractivity contribution < 1.29 is 23.1 Å². The van der Waals surface area contributed by atoms with Gasteiger partial charge in [-0.1, -0.05) is 36.4 Å². The maximum absolute atomic E-state index is 14.7. The van der Waals surface area contributed by atoms with Gasteiger partial charge in [0.05, 0.1) is 32.7 Å². The lowest BCUT2D eigenvalue weighted by Gasteiger charge is -2.26. The lowest BCUT2D eigenvalue weighted by molar-refractivity contribution is -0.120. The Hall–Kier alpha value is -3.29. The maximum Gasteiger partial charge on any atom is 0.224 e. The Kier molecular flexibility index (Phi) is 7.09. The standard InChI is InChI=1S/C25H24F2N2O3/c26-21-3-1-2-19(14-21)17-28-25(30)15-18-4-6-20(7-5-18)23-9-8-22(16-24(23)27)32-29-10-12-31-13-11-29/h1-9,14,16H,10-13,15,17H2,(H,28,30). The van der Waals surface area contributed by atoms with Crippen molar-refractivity contribution in [1.29, 1.82) is 0 Å². The highest BCUT2D eigenvalue weighted by Crippen LogP contribution is 2.27. The van der Waals surface area contributed by atoms with E-state index >= 15 is 0 Å². The van der Waals surface area contributed by atoms with Gasteiger partial charge in [0.15, 0.2) is 0 Å². The maximum atomic E-state index is 14.7. The second-order valence-corrected chi connectivity index (χ2v) is 7.55. The number of hydrogen-bond acceptors (Lipinski definition) is 4. The van der Waals surface area contributed by atoms with E-state index in [1.807, 2.05) is 0 Å². The third-order valence-corrected chi connectivity index (χ3v) is 5.15. The van der Waals surface area contributed by atoms with Crippen LogP contribution in [0.5, 0.6) is 5.75 Å². The summed E-state index contributed by atoms with van der Waals surface area (Å²) in [6.07, 6.45) is 0.185. The summed E-state index contributed by atoms with van der Waals surface area (Å²) in [6, 6.07) is 18.1. The number of amides is 1. The van der Waals surface area contributed by atoms with Gasteiger partial charge in [-0.2, -0.15) is 0 Å². The molecule has 1 aliphatic heterocycles. The summed E-state index contributed by atoms with van der Waals surface area (Å²) < 4.78 is 33.2. The number of rotatable bonds is 7. The van der Waals surface area contributed by atoms with Gasteiger partial charge in [-0.25, -0.2) is 8.78 Å². The van der Waals surface area contributed by atoms with Crippen LogP contribution in [0.4, 0.5) is 8.78 Å². The van der Waals surface area contributed by atoms with Crippen LogP contribution in [-0.2, 0) is 22.5 Å². The Morgan fingerprint density at radius 2 is 1.75 bits per heavy atom. The molecule has 1 N–H and O–H groups in total. The van der Waals surface area contributed by atoms with E-state index in [0.717, 1.165) is 5.56 Å². The number of hydroxylamine groups is 2. The monoisotopic (exact) mass is 438 g/mol. The fourth-order valence-electron chi connectivity index (χ4n) is 3.47. The summed E-state index contributed by atoms with van der Waals surface area (Å²) >= 11 is 0. The first kappa shape index (κ1) is 21.9. The number of benzene rings is 3. The first-order chi connectivity index (χ1) is 15.6. The fraction of sp³-hybridized carbons (Fsp3) is 0.240. The summed E-state index contributed by atoms with van der Waals surface area (Å²) in [6.45, 7) is 2.73. The molecule has 3 aromatic carbocycles. The summed E-state index contributed by atoms with van der Waals surface area (Å²) in [7, 11) is 0. The predicted octanol–water partition coefficient (Wildman–Crippen LogP) is 4.12. The Morgan fingerprint density at radius 1 is 0.969 bits per heavy atom. The van der Waals surface area contributed by atoms with Gasteiger partial charge >= 0.3 is 0 Å². The zero-order valence-electron chi connectivity index (χ0n) is 17.5. The molecule has 0 aromatic heterocycles. The van der Waals surface area contributed by atoms with E-state index in [-0.39, 0.29) is 30.5 Å². The smallest absolute Gasteiger partial charge is 0.224 e. The van der Waals surface area contributed by atoms with E-state index in [1.54, 1.807) is 53.6 Å². The first-order valence-electron chi connectivity index (χ1n) is 10.5. The summed E-state index contributed by atoms with van der Waals surface area (Å²) in [5.41, 5.74) is 2.68. The van der Waals surface area contributed by atoms with Gasteiger partial charge in [0.2, 0.25) is 5.91 Å². The Bertz CT molecular complexity index is 1070. The van der Waals surface area contributed by atoms with Crippen LogP contribution in [0.15, 0.2) is 66.7 Å². The van der Waals surface area contributed by atoms with Crippen molar-refractivity contribution in [2.75, 3.05) is 26.3 Å². The fourth-order valence-corrected chi connectivity index (χ4v) is 3.47. The Balaban J connectivity index is 1.34. The third kappa shape index (κ3) is 5.90. The molecule has 4 rings (SSSR count). The number of halogens is 2. The highest BCUT2D eigenvalue weighted by molar-refractivity contribution is 5.79. The van der Waals surface area contributed by atoms with Crippen molar-refractivity contribution in [2.24, 2.45) is 0 Å². The number of nitrogens with zero attached hydrogens (tertiary/aromatic N) is 1. The van der Waals surface area contributed by atoms with Crippen LogP contribution in [0.1, 0.15) is 11.1 Å². The molecule has 1 fully saturated rings. The summed E-state index contributed by atoms with van der Waals surface area (Å²) in [4.78, 5) is 17.9. The van der Waals surface area contributed by atoms with E-state index in [2.05, 4.69) is 5.32 Å². The van der Waals surface area contributed by atoms with E-state index in [1.165, 1.54) is 18.2 Å². The van der Waals surface area contributed by atoms with Gasteiger partial charge in [0.25, 0.3) is 0 Å². The molecule has 0 saturated carbocycles. The number of carbonyl (C=O) groups excluding carboxylic acids is 1. The van der Waals surface area contributed by atoms with E-state index in [0.29, 0.717) is 48.7 Å². The minimum Gasteiger partial charge on any atom is -0.406 e. The molecular weight excluding hydrogens is 414 g/mol. The summed E-state index contributed by atoms with van der Waals surface area (Å²) in [5.74, 6) is -0.436. The minimum absolute atomic E-state index is 0.169. The number of hydrogen-bond donors (Lipinski definition) is 1. The van der Waals surface area contributed by atoms with Gasteiger partial charge in [-0.3, -0.25) is 4.79 Å². The molecule has 0 unspecified atom stereocenters. The molecule has 0 aliphatic carbocycles. The van der Waals surface area contributed by atoms with Crippen molar-refractivity contribution in [2.45, 2.75) is 13.0 Å². The van der Waals surface area contributed by atoms with Crippen LogP contribution < -0.4 is 10.2 Å². The van der Waals surface area contributed by atoms with Crippen molar-refractivity contribution in [3.8, 4) is 16.9 Å². The number of carbonyl (C=O) groups is 1. The highest BCUT2D eigenvalue weighted by Gasteiger charge is 2.14. The first-order valence-corrected chi connectivity index (χ1v) is 10.5. The molecule has 5 nitrogen and oxygen atoms in total. The van der Waals surface area contributed by atoms with Crippen LogP contribution in [0.25, 0.3) is 11.1 Å². The Labute approximate surface area is 185 Å². The lowest BCUT2D eigenvalue weighted by Crippen LogP contribution is -2.38. The molecular formula is C25H24F2N2O3. The van der Waals surface area contributed by atoms with Crippen molar-refractivity contribution in [3.63, 3.8) is 0 Å². The molecule has 166 valence electrons. The van der Waals surface area contributed by atoms with Gasteiger partial charge in [0, 0.05) is 18.2 Å². The van der Waals surface area contributed by atoms with Crippen LogP contribution in [0, 0.1) is 11.6 Å². The van der Waals surface area contributed by atoms with Crippen molar-refractivity contribution in [3.05, 3.63) is 89.5 Å². The Morgan fingerprint density at radius 3 is 2.47 bits per heavy atom. The van der Waals surface area contributed by atoms with Crippen molar-refractivity contribution in [1.82, 2.24) is 10.4 Å². The molecule has 1 amide bonds. The zero-order chi connectivity index (χ0) is 22.3. The largest absolute Gasteiger partial charge is 0.406 e. The zero-order valence-corrected chi connectivity index (χ0v) is 17.5. The van der Waals surface area contributed by atoms with Gasteiger partial charge in [-0.05, 0) is 41.0 Å². The van der Waals surface area contributed by atoms with Crippen LogP contribution in [0.3, 0.4) is 0 Å². The second kappa shape index (κ2) is 10.3. The van der Waals surface area contributed by atoms with Gasteiger partial charge < -0.3 is 14.9 Å². The second-order valence-electron chi connectivity index (χ2n) is 7.55. The molecule has 1 aliphatic rings. The van der Waals surface area contributed by atoms with Gasteiger partial charge in [0.1, 0.15) is 17.4 Å². The number of ether oxygens (including phenoxy) is 1. The van der Waals surface area contributed by atoms with Crippen LogP contribution in [0.2, 0.25) is 0 Å². The predicted molar refractivity (Wildman–Crippen MR) is 117 cm³/mol. The quantitative estimate of drug-likeness (QED) is 0.603.